The zero-order valence-electron chi connectivity index (χ0n) is 18.4. The number of phenolic OH excluding ortho intramolecular Hbond substituents is 1. The smallest absolute Gasteiger partial charge is 0.161 e. The molecule has 3 aromatic carbocycles. The van der Waals surface area contributed by atoms with Gasteiger partial charge in [0.05, 0.1) is 0 Å². The summed E-state index contributed by atoms with van der Waals surface area (Å²) >= 11 is 0. The largest absolute Gasteiger partial charge is 0.504 e. The van der Waals surface area contributed by atoms with Crippen molar-refractivity contribution in [3.05, 3.63) is 94.8 Å². The summed E-state index contributed by atoms with van der Waals surface area (Å²) in [6.07, 6.45) is 1.43. The summed E-state index contributed by atoms with van der Waals surface area (Å²) in [6.45, 7) is 3.89. The summed E-state index contributed by atoms with van der Waals surface area (Å²) in [5.74, 6) is 0.364. The first-order valence-corrected chi connectivity index (χ1v) is 10.8. The van der Waals surface area contributed by atoms with Crippen molar-refractivity contribution in [1.29, 1.82) is 5.41 Å². The van der Waals surface area contributed by atoms with Gasteiger partial charge in [0.25, 0.3) is 0 Å². The van der Waals surface area contributed by atoms with Crippen molar-refractivity contribution in [3.8, 4) is 11.5 Å². The Bertz CT molecular complexity index is 1040. The van der Waals surface area contributed by atoms with Crippen LogP contribution in [0.5, 0.6) is 11.5 Å². The van der Waals surface area contributed by atoms with Gasteiger partial charge in [0, 0.05) is 18.7 Å². The van der Waals surface area contributed by atoms with Crippen LogP contribution in [0.2, 0.25) is 0 Å². The molecule has 0 spiro atoms. The molecule has 0 radical (unpaired) electrons. The van der Waals surface area contributed by atoms with Crippen LogP contribution in [-0.2, 0) is 19.6 Å². The highest BCUT2D eigenvalue weighted by Gasteiger charge is 2.16. The van der Waals surface area contributed by atoms with E-state index in [1.165, 1.54) is 6.07 Å². The van der Waals surface area contributed by atoms with Crippen molar-refractivity contribution < 1.29 is 14.2 Å². The maximum absolute atomic E-state index is 13.6. The van der Waals surface area contributed by atoms with E-state index in [2.05, 4.69) is 0 Å². The monoisotopic (exact) mass is 435 g/mol. The Labute approximate surface area is 188 Å². The van der Waals surface area contributed by atoms with Gasteiger partial charge in [-0.15, -0.1) is 0 Å². The lowest BCUT2D eigenvalue weighted by Crippen LogP contribution is -2.33. The predicted octanol–water partition coefficient (Wildman–Crippen LogP) is 4.85. The van der Waals surface area contributed by atoms with Gasteiger partial charge in [0.2, 0.25) is 0 Å². The summed E-state index contributed by atoms with van der Waals surface area (Å²) in [4.78, 5) is 1.90. The lowest BCUT2D eigenvalue weighted by molar-refractivity contribution is 0.289. The van der Waals surface area contributed by atoms with E-state index in [0.29, 0.717) is 44.0 Å². The van der Waals surface area contributed by atoms with Crippen LogP contribution >= 0.6 is 0 Å². The number of nitrogens with two attached hydrogens (primary N) is 1. The van der Waals surface area contributed by atoms with E-state index in [1.54, 1.807) is 30.3 Å². The summed E-state index contributed by atoms with van der Waals surface area (Å²) < 4.78 is 19.4. The molecule has 0 aromatic heterocycles. The average Bonchev–Trinajstić information content (AvgIpc) is 2.81. The zero-order chi connectivity index (χ0) is 22.9. The minimum absolute atomic E-state index is 0.0158. The Hall–Kier alpha value is -3.38. The molecule has 0 bridgehead atoms. The Balaban J connectivity index is 1.76. The fourth-order valence-corrected chi connectivity index (χ4v) is 3.54. The molecule has 0 atom stereocenters. The van der Waals surface area contributed by atoms with Crippen molar-refractivity contribution in [3.63, 3.8) is 0 Å². The fraction of sp³-hybridized carbons (Fsp3) is 0.269. The number of hydrogen-bond acceptors (Lipinski definition) is 4. The van der Waals surface area contributed by atoms with Crippen molar-refractivity contribution >= 4 is 5.84 Å². The molecule has 5 nitrogen and oxygen atoms in total. The van der Waals surface area contributed by atoms with Crippen LogP contribution in [0.25, 0.3) is 0 Å². The molecule has 0 saturated carbocycles. The van der Waals surface area contributed by atoms with Gasteiger partial charge in [-0.3, -0.25) is 5.41 Å². The van der Waals surface area contributed by atoms with E-state index in [0.717, 1.165) is 23.1 Å². The van der Waals surface area contributed by atoms with Crippen molar-refractivity contribution in [1.82, 2.24) is 4.90 Å². The van der Waals surface area contributed by atoms with Gasteiger partial charge in [0.1, 0.15) is 18.3 Å². The van der Waals surface area contributed by atoms with Crippen LogP contribution in [0.15, 0.2) is 66.7 Å². The Morgan fingerprint density at radius 2 is 1.84 bits per heavy atom. The third-order valence-corrected chi connectivity index (χ3v) is 5.33. The third-order valence-electron chi connectivity index (χ3n) is 5.33. The second kappa shape index (κ2) is 11.3. The Kier molecular flexibility index (Phi) is 8.22. The van der Waals surface area contributed by atoms with Gasteiger partial charge < -0.3 is 20.5 Å². The second-order valence-corrected chi connectivity index (χ2v) is 7.64. The van der Waals surface area contributed by atoms with E-state index in [9.17, 15) is 9.50 Å². The van der Waals surface area contributed by atoms with Gasteiger partial charge in [-0.2, -0.15) is 0 Å². The van der Waals surface area contributed by atoms with E-state index in [-0.39, 0.29) is 17.4 Å². The minimum atomic E-state index is -0.259. The molecular weight excluding hydrogens is 405 g/mol. The quantitative estimate of drug-likeness (QED) is 0.314. The first-order chi connectivity index (χ1) is 15.5. The first kappa shape index (κ1) is 23.3. The highest BCUT2D eigenvalue weighted by molar-refractivity contribution is 5.97. The molecule has 0 aliphatic rings. The van der Waals surface area contributed by atoms with Gasteiger partial charge >= 0.3 is 0 Å². The molecule has 32 heavy (non-hydrogen) atoms. The van der Waals surface area contributed by atoms with Crippen LogP contribution in [0.4, 0.5) is 4.39 Å². The van der Waals surface area contributed by atoms with Gasteiger partial charge in [-0.25, -0.2) is 4.39 Å². The molecule has 0 aliphatic carbocycles. The number of benzene rings is 3. The van der Waals surface area contributed by atoms with E-state index in [4.69, 9.17) is 15.9 Å². The molecule has 6 heteroatoms. The van der Waals surface area contributed by atoms with E-state index < -0.39 is 0 Å². The average molecular weight is 436 g/mol. The molecular formula is C26H30FN3O2. The molecule has 0 heterocycles. The maximum atomic E-state index is 13.6. The van der Waals surface area contributed by atoms with Crippen molar-refractivity contribution in [2.45, 2.75) is 32.9 Å². The van der Waals surface area contributed by atoms with Crippen LogP contribution in [0.1, 0.15) is 35.6 Å². The summed E-state index contributed by atoms with van der Waals surface area (Å²) in [5.41, 5.74) is 9.18. The lowest BCUT2D eigenvalue weighted by Gasteiger charge is -2.26. The highest BCUT2D eigenvalue weighted by Crippen LogP contribution is 2.28. The number of rotatable bonds is 10. The summed E-state index contributed by atoms with van der Waals surface area (Å²) in [7, 11) is 0. The van der Waals surface area contributed by atoms with Crippen LogP contribution in [-0.4, -0.2) is 28.9 Å². The second-order valence-electron chi connectivity index (χ2n) is 7.64. The summed E-state index contributed by atoms with van der Waals surface area (Å²) in [5, 5.41) is 19.2. The number of halogens is 1. The molecule has 0 saturated heterocycles. The SMILES string of the molecule is CCc1cc(F)ccc1CN(CCCN)C(=N)c1ccc(OCc2ccccc2)c(O)c1. The number of aryl methyl sites for hydroxylation is 1. The normalized spacial score (nSPS) is 10.7. The minimum Gasteiger partial charge on any atom is -0.504 e. The van der Waals surface area contributed by atoms with Crippen LogP contribution in [0, 0.1) is 11.2 Å². The van der Waals surface area contributed by atoms with Gasteiger partial charge in [0.15, 0.2) is 11.5 Å². The summed E-state index contributed by atoms with van der Waals surface area (Å²) in [6, 6.07) is 19.5. The highest BCUT2D eigenvalue weighted by atomic mass is 19.1. The van der Waals surface area contributed by atoms with Gasteiger partial charge in [-0.05, 0) is 66.4 Å². The standard InChI is InChI=1S/C26H30FN3O2/c1-2-20-15-23(27)11-9-22(20)17-30(14-6-13-28)26(29)21-10-12-25(24(31)16-21)32-18-19-7-4-3-5-8-19/h3-5,7-12,15-16,29,31H,2,6,13-14,17-18,28H2,1H3. The number of phenols is 1. The van der Waals surface area contributed by atoms with Crippen molar-refractivity contribution in [2.24, 2.45) is 5.73 Å². The topological polar surface area (TPSA) is 82.6 Å². The molecule has 3 rings (SSSR count). The number of amidine groups is 1. The van der Waals surface area contributed by atoms with E-state index >= 15 is 0 Å². The number of nitrogens with one attached hydrogen (secondary N) is 1. The van der Waals surface area contributed by atoms with Gasteiger partial charge in [-0.1, -0.05) is 43.3 Å². The maximum Gasteiger partial charge on any atom is 0.161 e. The van der Waals surface area contributed by atoms with Crippen molar-refractivity contribution in [2.75, 3.05) is 13.1 Å². The fourth-order valence-electron chi connectivity index (χ4n) is 3.54. The third kappa shape index (κ3) is 6.08. The predicted molar refractivity (Wildman–Crippen MR) is 126 cm³/mol. The molecule has 0 amide bonds. The molecule has 168 valence electrons. The zero-order valence-corrected chi connectivity index (χ0v) is 18.4. The van der Waals surface area contributed by atoms with Crippen LogP contribution < -0.4 is 10.5 Å². The molecule has 4 N–H and O–H groups in total. The molecule has 0 aliphatic heterocycles. The lowest BCUT2D eigenvalue weighted by atomic mass is 10.0. The number of nitrogens with zero attached hydrogens (tertiary/aromatic N) is 1. The van der Waals surface area contributed by atoms with E-state index in [1.807, 2.05) is 42.2 Å². The van der Waals surface area contributed by atoms with Crippen LogP contribution in [0.3, 0.4) is 0 Å². The first-order valence-electron chi connectivity index (χ1n) is 10.8. The number of ether oxygens (including phenoxy) is 1. The Morgan fingerprint density at radius 1 is 1.06 bits per heavy atom. The number of aromatic hydroxyl groups is 1. The molecule has 3 aromatic rings. The molecule has 0 fully saturated rings. The Morgan fingerprint density at radius 3 is 2.53 bits per heavy atom. The number of hydrogen-bond donors (Lipinski definition) is 3. The molecule has 0 unspecified atom stereocenters.